The number of para-hydroxylation sites is 1. The van der Waals surface area contributed by atoms with Crippen LogP contribution < -0.4 is 4.84 Å². The van der Waals surface area contributed by atoms with E-state index in [1.54, 1.807) is 0 Å². The van der Waals surface area contributed by atoms with Crippen LogP contribution in [0.25, 0.3) is 11.0 Å². The van der Waals surface area contributed by atoms with E-state index in [1.165, 1.54) is 4.85 Å². The zero-order valence-electron chi connectivity index (χ0n) is 6.85. The van der Waals surface area contributed by atoms with E-state index in [-0.39, 0.29) is 0 Å². The van der Waals surface area contributed by atoms with Crippen LogP contribution in [0.5, 0.6) is 0 Å². The van der Waals surface area contributed by atoms with Crippen molar-refractivity contribution in [3.63, 3.8) is 0 Å². The summed E-state index contributed by atoms with van der Waals surface area (Å²) in [6, 6.07) is 7.67. The molecule has 2 rings (SSSR count). The summed E-state index contributed by atoms with van der Waals surface area (Å²) in [5.74, 6) is 0. The summed E-state index contributed by atoms with van der Waals surface area (Å²) in [4.78, 5) is 6.75. The lowest BCUT2D eigenvalue weighted by Crippen LogP contribution is -2.14. The van der Waals surface area contributed by atoms with Gasteiger partial charge < -0.3 is 4.84 Å². The van der Waals surface area contributed by atoms with E-state index in [1.807, 2.05) is 24.3 Å². The van der Waals surface area contributed by atoms with Crippen molar-refractivity contribution in [2.75, 3.05) is 11.9 Å². The van der Waals surface area contributed by atoms with Gasteiger partial charge in [0.25, 0.3) is 0 Å². The molecule has 1 aromatic carbocycles. The van der Waals surface area contributed by atoms with Crippen LogP contribution in [0.4, 0.5) is 0 Å². The highest BCUT2D eigenvalue weighted by atomic mass is 79.9. The lowest BCUT2D eigenvalue weighted by Gasteiger charge is -2.01. The topological polar surface area (TPSA) is 39.9 Å². The van der Waals surface area contributed by atoms with Crippen molar-refractivity contribution in [3.05, 3.63) is 24.3 Å². The van der Waals surface area contributed by atoms with E-state index in [9.17, 15) is 0 Å². The Morgan fingerprint density at radius 1 is 1.38 bits per heavy atom. The monoisotopic (exact) mass is 241 g/mol. The fourth-order valence-electron chi connectivity index (χ4n) is 1.06. The Labute approximate surface area is 83.6 Å². The first-order valence-electron chi connectivity index (χ1n) is 3.91. The molecule has 0 spiro atoms. The summed E-state index contributed by atoms with van der Waals surface area (Å²) in [6.45, 7) is 0.577. The molecule has 0 unspecified atom stereocenters. The zero-order chi connectivity index (χ0) is 9.10. The van der Waals surface area contributed by atoms with Crippen LogP contribution in [0, 0.1) is 0 Å². The van der Waals surface area contributed by atoms with E-state index in [0.29, 0.717) is 6.61 Å². The SMILES string of the molecule is BrCCOn1nnc2ccccc21. The standard InChI is InChI=1S/C8H8BrN3O/c9-5-6-13-12-8-4-2-1-3-7(8)10-11-12/h1-4H,5-6H2. The quantitative estimate of drug-likeness (QED) is 0.760. The molecule has 0 aliphatic heterocycles. The third kappa shape index (κ3) is 1.65. The number of alkyl halides is 1. The zero-order valence-corrected chi connectivity index (χ0v) is 8.44. The van der Waals surface area contributed by atoms with Crippen LogP contribution in [-0.2, 0) is 0 Å². The van der Waals surface area contributed by atoms with Gasteiger partial charge in [-0.1, -0.05) is 32.9 Å². The fraction of sp³-hybridized carbons (Fsp3) is 0.250. The molecule has 4 nitrogen and oxygen atoms in total. The first-order chi connectivity index (χ1) is 6.42. The molecule has 0 fully saturated rings. The minimum Gasteiger partial charge on any atom is -0.394 e. The Balaban J connectivity index is 2.35. The van der Waals surface area contributed by atoms with E-state index < -0.39 is 0 Å². The highest BCUT2D eigenvalue weighted by Crippen LogP contribution is 2.07. The lowest BCUT2D eigenvalue weighted by atomic mass is 10.3. The molecule has 0 saturated heterocycles. The number of halogens is 1. The van der Waals surface area contributed by atoms with Crippen molar-refractivity contribution in [2.45, 2.75) is 0 Å². The van der Waals surface area contributed by atoms with Crippen molar-refractivity contribution in [2.24, 2.45) is 0 Å². The molecule has 1 aromatic heterocycles. The van der Waals surface area contributed by atoms with Crippen molar-refractivity contribution in [3.8, 4) is 0 Å². The third-order valence-corrected chi connectivity index (χ3v) is 1.94. The van der Waals surface area contributed by atoms with Crippen molar-refractivity contribution in [1.82, 2.24) is 15.2 Å². The highest BCUT2D eigenvalue weighted by molar-refractivity contribution is 9.09. The first kappa shape index (κ1) is 8.50. The van der Waals surface area contributed by atoms with Gasteiger partial charge in [-0.15, -0.1) is 5.10 Å². The molecule has 0 aliphatic rings. The Morgan fingerprint density at radius 3 is 3.08 bits per heavy atom. The molecular weight excluding hydrogens is 234 g/mol. The molecule has 0 atom stereocenters. The van der Waals surface area contributed by atoms with Gasteiger partial charge in [-0.25, -0.2) is 0 Å². The summed E-state index contributed by atoms with van der Waals surface area (Å²) < 4.78 is 0. The van der Waals surface area contributed by atoms with Crippen LogP contribution >= 0.6 is 15.9 Å². The molecular formula is C8H8BrN3O. The average Bonchev–Trinajstić information content (AvgIpc) is 2.58. The molecule has 13 heavy (non-hydrogen) atoms. The minimum atomic E-state index is 0.577. The van der Waals surface area contributed by atoms with Crippen molar-refractivity contribution < 1.29 is 4.84 Å². The maximum atomic E-state index is 5.30. The third-order valence-electron chi connectivity index (χ3n) is 1.61. The molecule has 0 saturated carbocycles. The van der Waals surface area contributed by atoms with E-state index in [4.69, 9.17) is 4.84 Å². The second kappa shape index (κ2) is 3.74. The normalized spacial score (nSPS) is 10.5. The number of hydrogen-bond donors (Lipinski definition) is 0. The summed E-state index contributed by atoms with van der Waals surface area (Å²) >= 11 is 3.27. The maximum Gasteiger partial charge on any atom is 0.130 e. The van der Waals surface area contributed by atoms with Crippen LogP contribution in [0.3, 0.4) is 0 Å². The predicted octanol–water partition coefficient (Wildman–Crippen LogP) is 1.25. The second-order valence-corrected chi connectivity index (χ2v) is 3.27. The molecule has 5 heteroatoms. The van der Waals surface area contributed by atoms with Crippen LogP contribution in [0.1, 0.15) is 0 Å². The largest absolute Gasteiger partial charge is 0.394 e. The number of hydrogen-bond acceptors (Lipinski definition) is 3. The first-order valence-corrected chi connectivity index (χ1v) is 5.03. The number of benzene rings is 1. The van der Waals surface area contributed by atoms with Crippen molar-refractivity contribution >= 4 is 27.0 Å². The van der Waals surface area contributed by atoms with Gasteiger partial charge in [0.1, 0.15) is 17.6 Å². The fourth-order valence-corrected chi connectivity index (χ4v) is 1.21. The lowest BCUT2D eigenvalue weighted by molar-refractivity contribution is 0.100. The van der Waals surface area contributed by atoms with Gasteiger partial charge in [0.2, 0.25) is 0 Å². The molecule has 0 radical (unpaired) electrons. The van der Waals surface area contributed by atoms with E-state index >= 15 is 0 Å². The van der Waals surface area contributed by atoms with Gasteiger partial charge in [0, 0.05) is 5.33 Å². The van der Waals surface area contributed by atoms with Gasteiger partial charge in [0.05, 0.1) is 0 Å². The van der Waals surface area contributed by atoms with Crippen LogP contribution in [-0.4, -0.2) is 27.1 Å². The number of nitrogens with zero attached hydrogens (tertiary/aromatic N) is 3. The average molecular weight is 242 g/mol. The highest BCUT2D eigenvalue weighted by Gasteiger charge is 2.02. The number of fused-ring (bicyclic) bond motifs is 1. The molecule has 0 N–H and O–H groups in total. The van der Waals surface area contributed by atoms with Crippen LogP contribution in [0.15, 0.2) is 24.3 Å². The van der Waals surface area contributed by atoms with E-state index in [2.05, 4.69) is 26.2 Å². The smallest absolute Gasteiger partial charge is 0.130 e. The Bertz CT molecular complexity index is 401. The van der Waals surface area contributed by atoms with E-state index in [0.717, 1.165) is 16.4 Å². The van der Waals surface area contributed by atoms with Gasteiger partial charge in [0.15, 0.2) is 0 Å². The molecule has 68 valence electrons. The van der Waals surface area contributed by atoms with Gasteiger partial charge in [-0.05, 0) is 17.3 Å². The van der Waals surface area contributed by atoms with Crippen LogP contribution in [0.2, 0.25) is 0 Å². The molecule has 2 aromatic rings. The molecule has 0 bridgehead atoms. The Kier molecular flexibility index (Phi) is 2.44. The summed E-state index contributed by atoms with van der Waals surface area (Å²) in [5, 5.41) is 8.58. The van der Waals surface area contributed by atoms with Gasteiger partial charge in [-0.3, -0.25) is 0 Å². The molecule has 0 amide bonds. The maximum absolute atomic E-state index is 5.30. The summed E-state index contributed by atoms with van der Waals surface area (Å²) in [6.07, 6.45) is 0. The summed E-state index contributed by atoms with van der Waals surface area (Å²) in [5.41, 5.74) is 1.74. The Hall–Kier alpha value is -1.10. The predicted molar refractivity (Wildman–Crippen MR) is 52.8 cm³/mol. The number of aromatic nitrogens is 3. The van der Waals surface area contributed by atoms with Gasteiger partial charge in [-0.2, -0.15) is 0 Å². The second-order valence-electron chi connectivity index (χ2n) is 2.47. The minimum absolute atomic E-state index is 0.577. The molecule has 0 aliphatic carbocycles. The van der Waals surface area contributed by atoms with Gasteiger partial charge >= 0.3 is 0 Å². The number of rotatable bonds is 3. The molecule has 1 heterocycles. The summed E-state index contributed by atoms with van der Waals surface area (Å²) in [7, 11) is 0. The Morgan fingerprint density at radius 2 is 2.23 bits per heavy atom. The van der Waals surface area contributed by atoms with Crippen molar-refractivity contribution in [1.29, 1.82) is 0 Å².